The van der Waals surface area contributed by atoms with E-state index in [-0.39, 0.29) is 0 Å². The topological polar surface area (TPSA) is 28.2 Å². The van der Waals surface area contributed by atoms with Crippen molar-refractivity contribution in [3.05, 3.63) is 23.9 Å². The largest absolute Gasteiger partial charge is 0.354 e. The lowest BCUT2D eigenvalue weighted by Crippen LogP contribution is -2.27. The first-order valence-corrected chi connectivity index (χ1v) is 7.57. The summed E-state index contributed by atoms with van der Waals surface area (Å²) in [6, 6.07) is 5.39. The van der Waals surface area contributed by atoms with E-state index in [0.29, 0.717) is 12.1 Å². The van der Waals surface area contributed by atoms with E-state index < -0.39 is 0 Å². The van der Waals surface area contributed by atoms with Gasteiger partial charge in [0.15, 0.2) is 0 Å². The molecule has 0 bridgehead atoms. The first kappa shape index (κ1) is 14.3. The van der Waals surface area contributed by atoms with E-state index in [1.807, 2.05) is 6.20 Å². The van der Waals surface area contributed by atoms with Gasteiger partial charge in [-0.1, -0.05) is 19.9 Å². The minimum Gasteiger partial charge on any atom is -0.354 e. The molecule has 106 valence electrons. The summed E-state index contributed by atoms with van der Waals surface area (Å²) in [5.41, 5.74) is 1.28. The van der Waals surface area contributed by atoms with Gasteiger partial charge in [0.25, 0.3) is 0 Å². The van der Waals surface area contributed by atoms with Gasteiger partial charge in [-0.2, -0.15) is 0 Å². The van der Waals surface area contributed by atoms with Gasteiger partial charge < -0.3 is 10.2 Å². The summed E-state index contributed by atoms with van der Waals surface area (Å²) >= 11 is 0. The molecule has 1 saturated heterocycles. The van der Waals surface area contributed by atoms with E-state index in [2.05, 4.69) is 55.0 Å². The van der Waals surface area contributed by atoms with E-state index in [4.69, 9.17) is 0 Å². The monoisotopic (exact) mass is 261 g/mol. The Balaban J connectivity index is 2.02. The van der Waals surface area contributed by atoms with Crippen molar-refractivity contribution in [2.24, 2.45) is 5.92 Å². The molecule has 1 N–H and O–H groups in total. The predicted molar refractivity (Wildman–Crippen MR) is 81.5 cm³/mol. The van der Waals surface area contributed by atoms with Crippen LogP contribution in [0.25, 0.3) is 0 Å². The number of anilines is 1. The Hall–Kier alpha value is -1.09. The van der Waals surface area contributed by atoms with Gasteiger partial charge in [0.05, 0.1) is 0 Å². The number of aromatic nitrogens is 1. The van der Waals surface area contributed by atoms with E-state index in [1.54, 1.807) is 0 Å². The van der Waals surface area contributed by atoms with Crippen LogP contribution in [0, 0.1) is 5.92 Å². The number of hydrogen-bond donors (Lipinski definition) is 1. The first-order chi connectivity index (χ1) is 9.11. The van der Waals surface area contributed by atoms with Crippen molar-refractivity contribution in [3.63, 3.8) is 0 Å². The molecule has 2 rings (SSSR count). The van der Waals surface area contributed by atoms with Crippen molar-refractivity contribution < 1.29 is 0 Å². The maximum Gasteiger partial charge on any atom is 0.128 e. The molecular weight excluding hydrogens is 234 g/mol. The summed E-state index contributed by atoms with van der Waals surface area (Å²) in [5.74, 6) is 1.91. The number of nitrogens with one attached hydrogen (secondary N) is 1. The molecule has 0 saturated carbocycles. The lowest BCUT2D eigenvalue weighted by atomic mass is 10.1. The van der Waals surface area contributed by atoms with Crippen LogP contribution >= 0.6 is 0 Å². The standard InChI is InChI=1S/C16H27N3/c1-5-8-17-14(4)15-6-7-16(18-10-15)19-11-12(2)9-13(19)3/h6-7,10,12-14,17H,5,8-9,11H2,1-4H3. The van der Waals surface area contributed by atoms with Gasteiger partial charge in [0.2, 0.25) is 0 Å². The molecule has 1 aliphatic heterocycles. The maximum absolute atomic E-state index is 4.66. The smallest absolute Gasteiger partial charge is 0.128 e. The molecule has 1 aromatic heterocycles. The number of nitrogens with zero attached hydrogens (tertiary/aromatic N) is 2. The Bertz CT molecular complexity index is 387. The molecule has 0 radical (unpaired) electrons. The molecule has 2 heterocycles. The summed E-state index contributed by atoms with van der Waals surface area (Å²) in [5, 5.41) is 3.50. The minimum absolute atomic E-state index is 0.386. The summed E-state index contributed by atoms with van der Waals surface area (Å²) in [4.78, 5) is 7.09. The first-order valence-electron chi connectivity index (χ1n) is 7.57. The van der Waals surface area contributed by atoms with Crippen LogP contribution in [0.5, 0.6) is 0 Å². The molecule has 3 atom stereocenters. The number of hydrogen-bond acceptors (Lipinski definition) is 3. The average molecular weight is 261 g/mol. The number of rotatable bonds is 5. The van der Waals surface area contributed by atoms with Gasteiger partial charge >= 0.3 is 0 Å². The molecule has 19 heavy (non-hydrogen) atoms. The lowest BCUT2D eigenvalue weighted by Gasteiger charge is -2.23. The molecule has 0 amide bonds. The van der Waals surface area contributed by atoms with Crippen molar-refractivity contribution in [3.8, 4) is 0 Å². The van der Waals surface area contributed by atoms with Crippen LogP contribution in [0.2, 0.25) is 0 Å². The van der Waals surface area contributed by atoms with Crippen LogP contribution < -0.4 is 10.2 Å². The third-order valence-corrected chi connectivity index (χ3v) is 4.05. The van der Waals surface area contributed by atoms with Crippen LogP contribution in [0.1, 0.15) is 52.1 Å². The Morgan fingerprint density at radius 3 is 2.74 bits per heavy atom. The molecule has 3 heteroatoms. The predicted octanol–water partition coefficient (Wildman–Crippen LogP) is 3.38. The zero-order chi connectivity index (χ0) is 13.8. The number of pyridine rings is 1. The zero-order valence-corrected chi connectivity index (χ0v) is 12.7. The van der Waals surface area contributed by atoms with Gasteiger partial charge in [-0.25, -0.2) is 4.98 Å². The van der Waals surface area contributed by atoms with Crippen molar-refractivity contribution in [1.29, 1.82) is 0 Å². The molecular formula is C16H27N3. The van der Waals surface area contributed by atoms with Gasteiger partial charge in [-0.15, -0.1) is 0 Å². The fourth-order valence-corrected chi connectivity index (χ4v) is 2.92. The lowest BCUT2D eigenvalue weighted by molar-refractivity contribution is 0.569. The van der Waals surface area contributed by atoms with E-state index in [1.165, 1.54) is 18.4 Å². The summed E-state index contributed by atoms with van der Waals surface area (Å²) < 4.78 is 0. The van der Waals surface area contributed by atoms with Crippen molar-refractivity contribution in [2.75, 3.05) is 18.0 Å². The van der Waals surface area contributed by atoms with Crippen molar-refractivity contribution >= 4 is 5.82 Å². The van der Waals surface area contributed by atoms with E-state index in [9.17, 15) is 0 Å². The van der Waals surface area contributed by atoms with E-state index in [0.717, 1.165) is 24.8 Å². The van der Waals surface area contributed by atoms with Gasteiger partial charge in [0.1, 0.15) is 5.82 Å². The summed E-state index contributed by atoms with van der Waals surface area (Å²) in [6.07, 6.45) is 4.47. The van der Waals surface area contributed by atoms with Crippen molar-refractivity contribution in [2.45, 2.75) is 52.6 Å². The second-order valence-corrected chi connectivity index (χ2v) is 5.97. The summed E-state index contributed by atoms with van der Waals surface area (Å²) in [7, 11) is 0. The normalized spacial score (nSPS) is 24.7. The van der Waals surface area contributed by atoms with E-state index >= 15 is 0 Å². The molecule has 0 aromatic carbocycles. The van der Waals surface area contributed by atoms with Crippen LogP contribution in [0.3, 0.4) is 0 Å². The fraction of sp³-hybridized carbons (Fsp3) is 0.688. The zero-order valence-electron chi connectivity index (χ0n) is 12.7. The average Bonchev–Trinajstić information content (AvgIpc) is 2.75. The Morgan fingerprint density at radius 2 is 2.21 bits per heavy atom. The highest BCUT2D eigenvalue weighted by molar-refractivity contribution is 5.42. The minimum atomic E-state index is 0.386. The van der Waals surface area contributed by atoms with Crippen LogP contribution in [-0.2, 0) is 0 Å². The molecule has 3 nitrogen and oxygen atoms in total. The SMILES string of the molecule is CCCNC(C)c1ccc(N2CC(C)CC2C)nc1. The van der Waals surface area contributed by atoms with Crippen LogP contribution in [0.15, 0.2) is 18.3 Å². The molecule has 3 unspecified atom stereocenters. The second kappa shape index (κ2) is 6.38. The van der Waals surface area contributed by atoms with Crippen LogP contribution in [-0.4, -0.2) is 24.1 Å². The Kier molecular flexibility index (Phi) is 4.81. The Morgan fingerprint density at radius 1 is 1.42 bits per heavy atom. The van der Waals surface area contributed by atoms with Gasteiger partial charge in [-0.3, -0.25) is 0 Å². The van der Waals surface area contributed by atoms with Gasteiger partial charge in [-0.05, 0) is 50.8 Å². The molecule has 0 aliphatic carbocycles. The highest BCUT2D eigenvalue weighted by atomic mass is 15.2. The fourth-order valence-electron chi connectivity index (χ4n) is 2.92. The molecule has 1 aliphatic rings. The highest BCUT2D eigenvalue weighted by Gasteiger charge is 2.26. The third kappa shape index (κ3) is 3.47. The maximum atomic E-state index is 4.66. The Labute approximate surface area is 117 Å². The van der Waals surface area contributed by atoms with Gasteiger partial charge in [0, 0.05) is 24.8 Å². The molecule has 1 fully saturated rings. The second-order valence-electron chi connectivity index (χ2n) is 5.97. The molecule has 0 spiro atoms. The quantitative estimate of drug-likeness (QED) is 0.880. The summed E-state index contributed by atoms with van der Waals surface area (Å²) in [6.45, 7) is 11.2. The molecule has 1 aromatic rings. The highest BCUT2D eigenvalue weighted by Crippen LogP contribution is 2.27. The third-order valence-electron chi connectivity index (χ3n) is 4.05. The van der Waals surface area contributed by atoms with Crippen LogP contribution in [0.4, 0.5) is 5.82 Å². The van der Waals surface area contributed by atoms with Crippen molar-refractivity contribution in [1.82, 2.24) is 10.3 Å².